The molecular formula is C11H10N4O3. The van der Waals surface area contributed by atoms with Gasteiger partial charge in [0.15, 0.2) is 5.82 Å². The van der Waals surface area contributed by atoms with Crippen LogP contribution in [-0.4, -0.2) is 21.2 Å². The highest BCUT2D eigenvalue weighted by molar-refractivity contribution is 6.07. The summed E-state index contributed by atoms with van der Waals surface area (Å²) in [5.41, 5.74) is 5.61. The Morgan fingerprint density at radius 2 is 2.11 bits per heavy atom. The molecule has 0 spiro atoms. The van der Waals surface area contributed by atoms with E-state index in [2.05, 4.69) is 15.5 Å². The van der Waals surface area contributed by atoms with Crippen molar-refractivity contribution in [3.8, 4) is 5.75 Å². The van der Waals surface area contributed by atoms with Gasteiger partial charge in [-0.15, -0.1) is 0 Å². The van der Waals surface area contributed by atoms with Gasteiger partial charge in [-0.05, 0) is 24.3 Å². The number of nitrogens with two attached hydrogens (primary N) is 1. The van der Waals surface area contributed by atoms with Crippen LogP contribution < -0.4 is 16.6 Å². The van der Waals surface area contributed by atoms with Gasteiger partial charge in [-0.1, -0.05) is 0 Å². The van der Waals surface area contributed by atoms with Crippen molar-refractivity contribution >= 4 is 17.4 Å². The Labute approximate surface area is 101 Å². The maximum absolute atomic E-state index is 11.8. The molecule has 0 bridgehead atoms. The molecule has 0 aliphatic heterocycles. The van der Waals surface area contributed by atoms with Gasteiger partial charge in [0, 0.05) is 11.8 Å². The van der Waals surface area contributed by atoms with E-state index in [4.69, 9.17) is 5.73 Å². The Morgan fingerprint density at radius 3 is 2.78 bits per heavy atom. The van der Waals surface area contributed by atoms with E-state index in [1.807, 2.05) is 0 Å². The number of nitrogens with zero attached hydrogens (tertiary/aromatic N) is 1. The van der Waals surface area contributed by atoms with Crippen LogP contribution in [0.2, 0.25) is 0 Å². The Hall–Kier alpha value is -2.83. The number of aromatic nitrogens is 2. The maximum Gasteiger partial charge on any atom is 0.264 e. The number of aromatic hydroxyl groups is 1. The molecule has 0 saturated heterocycles. The lowest BCUT2D eigenvalue weighted by atomic mass is 10.1. The second-order valence-electron chi connectivity index (χ2n) is 3.53. The van der Waals surface area contributed by atoms with Gasteiger partial charge in [0.05, 0.1) is 5.56 Å². The molecule has 1 aromatic carbocycles. The third-order valence-electron chi connectivity index (χ3n) is 2.20. The second-order valence-corrected chi connectivity index (χ2v) is 3.53. The fourth-order valence-electron chi connectivity index (χ4n) is 1.34. The first kappa shape index (κ1) is 11.6. The molecule has 1 heterocycles. The van der Waals surface area contributed by atoms with Gasteiger partial charge in [0.2, 0.25) is 0 Å². The number of carbonyl (C=O) groups excluding carboxylic acids is 1. The molecule has 18 heavy (non-hydrogen) atoms. The van der Waals surface area contributed by atoms with Crippen molar-refractivity contribution in [1.29, 1.82) is 0 Å². The van der Waals surface area contributed by atoms with E-state index in [0.29, 0.717) is 0 Å². The van der Waals surface area contributed by atoms with Crippen LogP contribution >= 0.6 is 0 Å². The highest BCUT2D eigenvalue weighted by Crippen LogP contribution is 2.19. The van der Waals surface area contributed by atoms with Crippen LogP contribution in [-0.2, 0) is 0 Å². The smallest absolute Gasteiger partial charge is 0.264 e. The molecule has 5 N–H and O–H groups in total. The zero-order valence-corrected chi connectivity index (χ0v) is 9.18. The van der Waals surface area contributed by atoms with E-state index in [9.17, 15) is 14.7 Å². The summed E-state index contributed by atoms with van der Waals surface area (Å²) in [6, 6.07) is 6.63. The standard InChI is InChI=1S/C11H10N4O3/c12-8-2-1-6(16)5-7(8)11(18)13-9-3-4-10(17)15-14-9/h1-5,16H,12H2,(H,15,17)(H,13,14,18). The summed E-state index contributed by atoms with van der Waals surface area (Å²) in [7, 11) is 0. The van der Waals surface area contributed by atoms with Gasteiger partial charge in [0.1, 0.15) is 5.75 Å². The van der Waals surface area contributed by atoms with Gasteiger partial charge in [0.25, 0.3) is 11.5 Å². The summed E-state index contributed by atoms with van der Waals surface area (Å²) in [5, 5.41) is 17.5. The lowest BCUT2D eigenvalue weighted by Crippen LogP contribution is -2.17. The summed E-state index contributed by atoms with van der Waals surface area (Å²) < 4.78 is 0. The number of amides is 1. The molecule has 2 rings (SSSR count). The van der Waals surface area contributed by atoms with Crippen LogP contribution in [0.15, 0.2) is 35.1 Å². The summed E-state index contributed by atoms with van der Waals surface area (Å²) in [6.07, 6.45) is 0. The summed E-state index contributed by atoms with van der Waals surface area (Å²) in [6.45, 7) is 0. The third kappa shape index (κ3) is 2.46. The molecule has 0 fully saturated rings. The molecule has 1 amide bonds. The molecule has 0 unspecified atom stereocenters. The van der Waals surface area contributed by atoms with Gasteiger partial charge in [-0.25, -0.2) is 5.10 Å². The topological polar surface area (TPSA) is 121 Å². The lowest BCUT2D eigenvalue weighted by Gasteiger charge is -2.06. The van der Waals surface area contributed by atoms with Gasteiger partial charge >= 0.3 is 0 Å². The zero-order valence-electron chi connectivity index (χ0n) is 9.18. The van der Waals surface area contributed by atoms with E-state index in [1.165, 1.54) is 30.3 Å². The first-order valence-electron chi connectivity index (χ1n) is 5.02. The van der Waals surface area contributed by atoms with Crippen LogP contribution in [0.3, 0.4) is 0 Å². The molecule has 0 saturated carbocycles. The number of aromatic amines is 1. The van der Waals surface area contributed by atoms with E-state index >= 15 is 0 Å². The number of H-pyrrole nitrogens is 1. The van der Waals surface area contributed by atoms with Crippen LogP contribution in [0, 0.1) is 0 Å². The lowest BCUT2D eigenvalue weighted by molar-refractivity contribution is 0.102. The zero-order chi connectivity index (χ0) is 13.1. The van der Waals surface area contributed by atoms with Crippen molar-refractivity contribution < 1.29 is 9.90 Å². The van der Waals surface area contributed by atoms with Crippen LogP contribution in [0.4, 0.5) is 11.5 Å². The number of phenolic OH excluding ortho intramolecular Hbond substituents is 1. The Balaban J connectivity index is 2.24. The van der Waals surface area contributed by atoms with Gasteiger partial charge in [-0.3, -0.25) is 9.59 Å². The fourth-order valence-corrected chi connectivity index (χ4v) is 1.34. The molecule has 0 radical (unpaired) electrons. The largest absolute Gasteiger partial charge is 0.508 e. The quantitative estimate of drug-likeness (QED) is 0.449. The second kappa shape index (κ2) is 4.58. The number of carbonyl (C=O) groups is 1. The van der Waals surface area contributed by atoms with Crippen LogP contribution in [0.5, 0.6) is 5.75 Å². The SMILES string of the molecule is Nc1ccc(O)cc1C(=O)Nc1ccc(=O)[nH]n1. The summed E-state index contributed by atoms with van der Waals surface area (Å²) in [5.74, 6) is -0.408. The molecule has 7 nitrogen and oxygen atoms in total. The van der Waals surface area contributed by atoms with Crippen molar-refractivity contribution in [1.82, 2.24) is 10.2 Å². The van der Waals surface area contributed by atoms with Crippen molar-refractivity contribution in [3.05, 3.63) is 46.2 Å². The summed E-state index contributed by atoms with van der Waals surface area (Å²) >= 11 is 0. The molecule has 0 aliphatic rings. The Kier molecular flexibility index (Phi) is 2.96. The number of hydrogen-bond donors (Lipinski definition) is 4. The van der Waals surface area contributed by atoms with Crippen molar-refractivity contribution in [2.75, 3.05) is 11.1 Å². The first-order valence-corrected chi connectivity index (χ1v) is 5.02. The maximum atomic E-state index is 11.8. The van der Waals surface area contributed by atoms with E-state index in [-0.39, 0.29) is 28.4 Å². The number of rotatable bonds is 2. The van der Waals surface area contributed by atoms with E-state index in [0.717, 1.165) is 0 Å². The molecular weight excluding hydrogens is 236 g/mol. The highest BCUT2D eigenvalue weighted by atomic mass is 16.3. The van der Waals surface area contributed by atoms with Gasteiger partial charge < -0.3 is 16.2 Å². The Morgan fingerprint density at radius 1 is 1.33 bits per heavy atom. The number of hydrogen-bond acceptors (Lipinski definition) is 5. The molecule has 2 aromatic rings. The molecule has 7 heteroatoms. The predicted molar refractivity (Wildman–Crippen MR) is 65.3 cm³/mol. The number of anilines is 2. The molecule has 1 aromatic heterocycles. The predicted octanol–water partition coefficient (Wildman–Crippen LogP) is 0.310. The fraction of sp³-hybridized carbons (Fsp3) is 0. The average molecular weight is 246 g/mol. The normalized spacial score (nSPS) is 10.0. The van der Waals surface area contributed by atoms with Crippen molar-refractivity contribution in [2.24, 2.45) is 0 Å². The van der Waals surface area contributed by atoms with Crippen LogP contribution in [0.25, 0.3) is 0 Å². The van der Waals surface area contributed by atoms with Crippen molar-refractivity contribution in [2.45, 2.75) is 0 Å². The van der Waals surface area contributed by atoms with E-state index < -0.39 is 5.91 Å². The minimum atomic E-state index is -0.525. The minimum absolute atomic E-state index is 0.0659. The average Bonchev–Trinajstić information content (AvgIpc) is 2.35. The highest BCUT2D eigenvalue weighted by Gasteiger charge is 2.11. The summed E-state index contributed by atoms with van der Waals surface area (Å²) in [4.78, 5) is 22.6. The minimum Gasteiger partial charge on any atom is -0.508 e. The number of benzene rings is 1. The number of nitrogens with one attached hydrogen (secondary N) is 2. The number of nitrogen functional groups attached to an aromatic ring is 1. The van der Waals surface area contributed by atoms with Gasteiger partial charge in [-0.2, -0.15) is 5.10 Å². The first-order chi connectivity index (χ1) is 8.56. The molecule has 92 valence electrons. The molecule has 0 atom stereocenters. The van der Waals surface area contributed by atoms with Crippen LogP contribution in [0.1, 0.15) is 10.4 Å². The van der Waals surface area contributed by atoms with Crippen molar-refractivity contribution in [3.63, 3.8) is 0 Å². The number of phenols is 1. The van der Waals surface area contributed by atoms with E-state index in [1.54, 1.807) is 0 Å². The Bertz CT molecular complexity index is 630. The molecule has 0 aliphatic carbocycles. The monoisotopic (exact) mass is 246 g/mol. The third-order valence-corrected chi connectivity index (χ3v) is 2.20.